The Bertz CT molecular complexity index is 1410. The van der Waals surface area contributed by atoms with Crippen LogP contribution in [0.5, 0.6) is 0 Å². The van der Waals surface area contributed by atoms with Crippen LogP contribution in [0.25, 0.3) is 11.1 Å². The first-order valence-corrected chi connectivity index (χ1v) is 14.3. The molecule has 3 aliphatic rings. The minimum absolute atomic E-state index is 0.0188. The molecule has 8 heteroatoms. The topological polar surface area (TPSA) is 108 Å². The van der Waals surface area contributed by atoms with E-state index in [1.54, 1.807) is 0 Å². The second kappa shape index (κ2) is 11.0. The molecule has 0 spiro atoms. The fourth-order valence-electron chi connectivity index (χ4n) is 6.61. The predicted molar refractivity (Wildman–Crippen MR) is 154 cm³/mol. The van der Waals surface area contributed by atoms with E-state index in [1.807, 2.05) is 54.6 Å². The summed E-state index contributed by atoms with van der Waals surface area (Å²) in [6.45, 7) is 1.63. The number of hydrogen-bond donors (Lipinski definition) is 3. The molecular formula is C33H35N3O5. The highest BCUT2D eigenvalue weighted by Gasteiger charge is 2.48. The lowest BCUT2D eigenvalue weighted by atomic mass is 9.74. The second-order valence-electron chi connectivity index (χ2n) is 11.6. The fraction of sp³-hybridized carbons (Fsp3) is 0.364. The van der Waals surface area contributed by atoms with Crippen molar-refractivity contribution in [3.05, 3.63) is 95.6 Å². The number of ether oxygens (including phenoxy) is 1. The van der Waals surface area contributed by atoms with Gasteiger partial charge in [0.25, 0.3) is 0 Å². The summed E-state index contributed by atoms with van der Waals surface area (Å²) in [5, 5.41) is 15.9. The summed E-state index contributed by atoms with van der Waals surface area (Å²) in [6, 6.07) is 26.2. The molecule has 1 saturated heterocycles. The molecule has 1 heterocycles. The van der Waals surface area contributed by atoms with Gasteiger partial charge in [-0.2, -0.15) is 0 Å². The van der Waals surface area contributed by atoms with Crippen molar-refractivity contribution in [2.24, 2.45) is 0 Å². The SMILES string of the molecule is O=C(CC1(NC(=O)OCC2c3ccccc3-c3ccccc32)CCC1)NC1(C(=O)O)CCN(Cc2ccccc2)C1. The number of carbonyl (C=O) groups is 3. The molecule has 8 nitrogen and oxygen atoms in total. The average molecular weight is 554 g/mol. The quantitative estimate of drug-likeness (QED) is 0.355. The van der Waals surface area contributed by atoms with E-state index in [1.165, 1.54) is 0 Å². The molecule has 3 aromatic rings. The van der Waals surface area contributed by atoms with E-state index in [2.05, 4.69) is 39.8 Å². The molecule has 1 unspecified atom stereocenters. The number of alkyl carbamates (subject to hydrolysis) is 1. The van der Waals surface area contributed by atoms with Crippen molar-refractivity contribution in [1.82, 2.24) is 15.5 Å². The van der Waals surface area contributed by atoms with Gasteiger partial charge in [-0.25, -0.2) is 9.59 Å². The van der Waals surface area contributed by atoms with Crippen LogP contribution in [-0.4, -0.2) is 58.8 Å². The van der Waals surface area contributed by atoms with Gasteiger partial charge in [-0.3, -0.25) is 9.69 Å². The van der Waals surface area contributed by atoms with Crippen LogP contribution in [0.15, 0.2) is 78.9 Å². The average Bonchev–Trinajstić information content (AvgIpc) is 3.50. The lowest BCUT2D eigenvalue weighted by Gasteiger charge is -2.42. The van der Waals surface area contributed by atoms with Crippen LogP contribution in [0.4, 0.5) is 4.79 Å². The summed E-state index contributed by atoms with van der Waals surface area (Å²) in [5.41, 5.74) is 3.61. The van der Waals surface area contributed by atoms with Crippen LogP contribution in [0.3, 0.4) is 0 Å². The Balaban J connectivity index is 1.06. The molecule has 0 radical (unpaired) electrons. The Morgan fingerprint density at radius 3 is 2.10 bits per heavy atom. The summed E-state index contributed by atoms with van der Waals surface area (Å²) in [4.78, 5) is 40.6. The van der Waals surface area contributed by atoms with Gasteiger partial charge in [0, 0.05) is 32.0 Å². The van der Waals surface area contributed by atoms with Gasteiger partial charge in [0.05, 0.1) is 5.54 Å². The van der Waals surface area contributed by atoms with E-state index in [0.717, 1.165) is 34.2 Å². The van der Waals surface area contributed by atoms with Gasteiger partial charge >= 0.3 is 12.1 Å². The van der Waals surface area contributed by atoms with Crippen LogP contribution in [-0.2, 0) is 20.9 Å². The van der Waals surface area contributed by atoms with Crippen LogP contribution < -0.4 is 10.6 Å². The number of amides is 2. The Morgan fingerprint density at radius 2 is 1.49 bits per heavy atom. The first kappa shape index (κ1) is 27.0. The molecule has 0 bridgehead atoms. The van der Waals surface area contributed by atoms with Gasteiger partial charge in [-0.1, -0.05) is 78.9 Å². The van der Waals surface area contributed by atoms with Crippen molar-refractivity contribution >= 4 is 18.0 Å². The number of carboxylic acid groups (broad SMARTS) is 1. The van der Waals surface area contributed by atoms with E-state index >= 15 is 0 Å². The summed E-state index contributed by atoms with van der Waals surface area (Å²) in [6.07, 6.45) is 1.96. The normalized spacial score (nSPS) is 20.9. The van der Waals surface area contributed by atoms with E-state index in [0.29, 0.717) is 32.4 Å². The Hall–Kier alpha value is -4.17. The van der Waals surface area contributed by atoms with Crippen molar-refractivity contribution in [3.63, 3.8) is 0 Å². The molecule has 1 aliphatic heterocycles. The van der Waals surface area contributed by atoms with Crippen molar-refractivity contribution in [1.29, 1.82) is 0 Å². The Morgan fingerprint density at radius 1 is 0.854 bits per heavy atom. The maximum absolute atomic E-state index is 13.2. The van der Waals surface area contributed by atoms with Gasteiger partial charge < -0.3 is 20.5 Å². The number of carbonyl (C=O) groups excluding carboxylic acids is 2. The summed E-state index contributed by atoms with van der Waals surface area (Å²) in [5.74, 6) is -1.45. The molecule has 2 fully saturated rings. The first-order chi connectivity index (χ1) is 19.9. The third-order valence-corrected chi connectivity index (χ3v) is 8.91. The highest BCUT2D eigenvalue weighted by atomic mass is 16.5. The summed E-state index contributed by atoms with van der Waals surface area (Å²) < 4.78 is 5.73. The highest BCUT2D eigenvalue weighted by molar-refractivity contribution is 5.88. The fourth-order valence-corrected chi connectivity index (χ4v) is 6.61. The lowest BCUT2D eigenvalue weighted by Crippen LogP contribution is -2.60. The third-order valence-electron chi connectivity index (χ3n) is 8.91. The minimum atomic E-state index is -1.35. The van der Waals surface area contributed by atoms with E-state index in [4.69, 9.17) is 4.74 Å². The number of carboxylic acids is 1. The highest BCUT2D eigenvalue weighted by Crippen LogP contribution is 2.44. The second-order valence-corrected chi connectivity index (χ2v) is 11.6. The largest absolute Gasteiger partial charge is 0.479 e. The molecule has 1 atom stereocenters. The molecule has 2 aliphatic carbocycles. The number of benzene rings is 3. The van der Waals surface area contributed by atoms with E-state index in [9.17, 15) is 19.5 Å². The van der Waals surface area contributed by atoms with Gasteiger partial charge in [0.1, 0.15) is 6.61 Å². The van der Waals surface area contributed by atoms with Crippen LogP contribution in [0.2, 0.25) is 0 Å². The van der Waals surface area contributed by atoms with Gasteiger partial charge in [-0.15, -0.1) is 0 Å². The van der Waals surface area contributed by atoms with Crippen molar-refractivity contribution in [2.75, 3.05) is 19.7 Å². The van der Waals surface area contributed by atoms with Crippen LogP contribution in [0.1, 0.15) is 54.7 Å². The molecule has 212 valence electrons. The Kier molecular flexibility index (Phi) is 7.26. The van der Waals surface area contributed by atoms with Crippen molar-refractivity contribution < 1.29 is 24.2 Å². The van der Waals surface area contributed by atoms with Gasteiger partial charge in [-0.05, 0) is 53.5 Å². The standard InChI is InChI=1S/C33H35N3O5/c37-29(34-33(30(38)39)17-18-36(22-33)20-23-9-2-1-3-10-23)19-32(15-8-16-32)35-31(40)41-21-28-26-13-6-4-11-24(26)25-12-5-7-14-27(25)28/h1-7,9-14,28H,8,15-22H2,(H,34,37)(H,35,40)(H,38,39). The van der Waals surface area contributed by atoms with Crippen LogP contribution in [0, 0.1) is 0 Å². The summed E-state index contributed by atoms with van der Waals surface area (Å²) in [7, 11) is 0. The lowest BCUT2D eigenvalue weighted by molar-refractivity contribution is -0.147. The zero-order chi connectivity index (χ0) is 28.5. The molecule has 6 rings (SSSR count). The number of nitrogens with one attached hydrogen (secondary N) is 2. The van der Waals surface area contributed by atoms with Crippen molar-refractivity contribution in [3.8, 4) is 11.1 Å². The number of hydrogen-bond acceptors (Lipinski definition) is 5. The maximum Gasteiger partial charge on any atom is 0.407 e. The van der Waals surface area contributed by atoms with Crippen LogP contribution >= 0.6 is 0 Å². The minimum Gasteiger partial charge on any atom is -0.479 e. The summed E-state index contributed by atoms with van der Waals surface area (Å²) >= 11 is 0. The molecule has 0 aromatic heterocycles. The monoisotopic (exact) mass is 553 g/mol. The zero-order valence-corrected chi connectivity index (χ0v) is 23.0. The number of nitrogens with zero attached hydrogens (tertiary/aromatic N) is 1. The number of fused-ring (bicyclic) bond motifs is 3. The predicted octanol–water partition coefficient (Wildman–Crippen LogP) is 4.68. The third kappa shape index (κ3) is 5.44. The zero-order valence-electron chi connectivity index (χ0n) is 23.0. The number of likely N-dealkylation sites (tertiary alicyclic amines) is 1. The molecule has 3 N–H and O–H groups in total. The molecule has 2 amide bonds. The van der Waals surface area contributed by atoms with Gasteiger partial charge in [0.2, 0.25) is 5.91 Å². The van der Waals surface area contributed by atoms with E-state index < -0.39 is 23.1 Å². The molecule has 3 aromatic carbocycles. The first-order valence-electron chi connectivity index (χ1n) is 14.3. The van der Waals surface area contributed by atoms with Gasteiger partial charge in [0.15, 0.2) is 5.54 Å². The number of aliphatic carboxylic acids is 1. The maximum atomic E-state index is 13.2. The molecule has 1 saturated carbocycles. The smallest absolute Gasteiger partial charge is 0.407 e. The molecule has 41 heavy (non-hydrogen) atoms. The van der Waals surface area contributed by atoms with Crippen molar-refractivity contribution in [2.45, 2.75) is 55.6 Å². The number of rotatable bonds is 9. The Labute approximate surface area is 239 Å². The van der Waals surface area contributed by atoms with E-state index in [-0.39, 0.29) is 31.4 Å². The molecular weight excluding hydrogens is 518 g/mol.